The fourth-order valence-electron chi connectivity index (χ4n) is 2.49. The van der Waals surface area contributed by atoms with Crippen LogP contribution in [0.15, 0.2) is 0 Å². The van der Waals surface area contributed by atoms with Crippen molar-refractivity contribution in [2.24, 2.45) is 17.8 Å². The molecule has 0 aromatic heterocycles. The molecule has 1 unspecified atom stereocenters. The normalized spacial score (nSPS) is 47.0. The van der Waals surface area contributed by atoms with Gasteiger partial charge in [-0.05, 0) is 18.8 Å². The van der Waals surface area contributed by atoms with Crippen LogP contribution in [-0.4, -0.2) is 12.1 Å². The number of hydrogen-bond donors (Lipinski definition) is 0. The largest absolute Gasteiger partial charge is 0.462 e. The molecule has 1 heterocycles. The molecule has 0 radical (unpaired) electrons. The minimum atomic E-state index is 0.0269. The van der Waals surface area contributed by atoms with Crippen molar-refractivity contribution in [1.82, 2.24) is 0 Å². The molecule has 2 aliphatic rings. The van der Waals surface area contributed by atoms with Crippen molar-refractivity contribution in [3.05, 3.63) is 0 Å². The minimum Gasteiger partial charge on any atom is -0.462 e. The number of carbonyl (C=O) groups excluding carboxylic acids is 1. The van der Waals surface area contributed by atoms with Gasteiger partial charge in [-0.15, -0.1) is 0 Å². The molecule has 68 valence electrons. The van der Waals surface area contributed by atoms with Crippen LogP contribution in [0.1, 0.15) is 33.1 Å². The van der Waals surface area contributed by atoms with Crippen LogP contribution >= 0.6 is 0 Å². The Bertz CT molecular complexity index is 200. The SMILES string of the molecule is CC1C(=O)O[C@H]2C[C@@H](C)CC[C@H]12. The lowest BCUT2D eigenvalue weighted by Gasteiger charge is -2.28. The lowest BCUT2D eigenvalue weighted by atomic mass is 9.77. The fourth-order valence-corrected chi connectivity index (χ4v) is 2.49. The Hall–Kier alpha value is -0.530. The molecule has 12 heavy (non-hydrogen) atoms. The van der Waals surface area contributed by atoms with Crippen molar-refractivity contribution >= 4 is 5.97 Å². The van der Waals surface area contributed by atoms with E-state index in [4.69, 9.17) is 4.74 Å². The Labute approximate surface area is 73.3 Å². The lowest BCUT2D eigenvalue weighted by molar-refractivity contribution is -0.144. The Balaban J connectivity index is 2.09. The maximum absolute atomic E-state index is 11.2. The summed E-state index contributed by atoms with van der Waals surface area (Å²) in [6.45, 7) is 4.25. The second-order valence-corrected chi connectivity index (χ2v) is 4.35. The van der Waals surface area contributed by atoms with Gasteiger partial charge in [0, 0.05) is 5.92 Å². The number of ether oxygens (including phenoxy) is 1. The van der Waals surface area contributed by atoms with E-state index in [-0.39, 0.29) is 18.0 Å². The van der Waals surface area contributed by atoms with Crippen molar-refractivity contribution in [1.29, 1.82) is 0 Å². The van der Waals surface area contributed by atoms with Crippen LogP contribution in [0.5, 0.6) is 0 Å². The van der Waals surface area contributed by atoms with E-state index in [1.807, 2.05) is 6.92 Å². The van der Waals surface area contributed by atoms with Crippen LogP contribution in [0.2, 0.25) is 0 Å². The van der Waals surface area contributed by atoms with E-state index in [1.165, 1.54) is 12.8 Å². The number of hydrogen-bond acceptors (Lipinski definition) is 2. The maximum Gasteiger partial charge on any atom is 0.309 e. The maximum atomic E-state index is 11.2. The third-order valence-electron chi connectivity index (χ3n) is 3.39. The summed E-state index contributed by atoms with van der Waals surface area (Å²) in [5, 5.41) is 0. The highest BCUT2D eigenvalue weighted by atomic mass is 16.6. The topological polar surface area (TPSA) is 26.3 Å². The molecule has 1 aliphatic heterocycles. The molecule has 2 rings (SSSR count). The number of carbonyl (C=O) groups is 1. The lowest BCUT2D eigenvalue weighted by Crippen LogP contribution is -2.27. The summed E-state index contributed by atoms with van der Waals surface area (Å²) in [6, 6.07) is 0. The van der Waals surface area contributed by atoms with Crippen molar-refractivity contribution in [2.75, 3.05) is 0 Å². The van der Waals surface area contributed by atoms with Gasteiger partial charge >= 0.3 is 5.97 Å². The molecule has 2 fully saturated rings. The first-order valence-electron chi connectivity index (χ1n) is 4.89. The second-order valence-electron chi connectivity index (χ2n) is 4.35. The Morgan fingerprint density at radius 2 is 2.08 bits per heavy atom. The average molecular weight is 168 g/mol. The first-order chi connectivity index (χ1) is 5.68. The van der Waals surface area contributed by atoms with E-state index in [1.54, 1.807) is 0 Å². The second kappa shape index (κ2) is 2.75. The summed E-state index contributed by atoms with van der Waals surface area (Å²) in [6.07, 6.45) is 3.78. The molecule has 0 N–H and O–H groups in total. The van der Waals surface area contributed by atoms with E-state index >= 15 is 0 Å². The molecule has 4 atom stereocenters. The van der Waals surface area contributed by atoms with Crippen LogP contribution < -0.4 is 0 Å². The molecular formula is C10H16O2. The summed E-state index contributed by atoms with van der Waals surface area (Å²) in [4.78, 5) is 11.2. The standard InChI is InChI=1S/C10H16O2/c1-6-3-4-8-7(2)10(11)12-9(8)5-6/h6-9H,3-5H2,1-2H3/t6-,7?,8+,9-/m0/s1. The van der Waals surface area contributed by atoms with Gasteiger partial charge in [0.05, 0.1) is 5.92 Å². The van der Waals surface area contributed by atoms with E-state index in [9.17, 15) is 4.79 Å². The molecular weight excluding hydrogens is 152 g/mol. The van der Waals surface area contributed by atoms with Gasteiger partial charge in [0.25, 0.3) is 0 Å². The third-order valence-corrected chi connectivity index (χ3v) is 3.39. The third kappa shape index (κ3) is 1.13. The van der Waals surface area contributed by atoms with E-state index < -0.39 is 0 Å². The van der Waals surface area contributed by atoms with E-state index in [0.29, 0.717) is 5.92 Å². The summed E-state index contributed by atoms with van der Waals surface area (Å²) in [5.74, 6) is 1.44. The summed E-state index contributed by atoms with van der Waals surface area (Å²) in [5.41, 5.74) is 0. The molecule has 0 amide bonds. The van der Waals surface area contributed by atoms with Crippen LogP contribution in [0, 0.1) is 17.8 Å². The number of rotatable bonds is 0. The quantitative estimate of drug-likeness (QED) is 0.517. The Kier molecular flexibility index (Phi) is 1.85. The van der Waals surface area contributed by atoms with Gasteiger partial charge in [0.1, 0.15) is 6.10 Å². The van der Waals surface area contributed by atoms with Gasteiger partial charge in [0.15, 0.2) is 0 Å². The molecule has 0 spiro atoms. The van der Waals surface area contributed by atoms with E-state index in [2.05, 4.69) is 6.92 Å². The van der Waals surface area contributed by atoms with Crippen LogP contribution in [0.4, 0.5) is 0 Å². The molecule has 0 bridgehead atoms. The molecule has 1 saturated heterocycles. The first-order valence-corrected chi connectivity index (χ1v) is 4.89. The summed E-state index contributed by atoms with van der Waals surface area (Å²) >= 11 is 0. The van der Waals surface area contributed by atoms with Crippen molar-refractivity contribution in [2.45, 2.75) is 39.2 Å². The van der Waals surface area contributed by atoms with Gasteiger partial charge in [0.2, 0.25) is 0 Å². The summed E-state index contributed by atoms with van der Waals surface area (Å²) < 4.78 is 5.31. The Morgan fingerprint density at radius 1 is 1.33 bits per heavy atom. The fraction of sp³-hybridized carbons (Fsp3) is 0.900. The van der Waals surface area contributed by atoms with Gasteiger partial charge in [-0.3, -0.25) is 4.79 Å². The molecule has 2 nitrogen and oxygen atoms in total. The highest BCUT2D eigenvalue weighted by molar-refractivity contribution is 5.74. The van der Waals surface area contributed by atoms with Gasteiger partial charge in [-0.1, -0.05) is 20.3 Å². The molecule has 1 aliphatic carbocycles. The highest BCUT2D eigenvalue weighted by Crippen LogP contribution is 2.40. The minimum absolute atomic E-state index is 0.0269. The average Bonchev–Trinajstić information content (AvgIpc) is 2.28. The molecule has 0 aromatic rings. The monoisotopic (exact) mass is 168 g/mol. The van der Waals surface area contributed by atoms with Crippen LogP contribution in [0.3, 0.4) is 0 Å². The van der Waals surface area contributed by atoms with E-state index in [0.717, 1.165) is 12.3 Å². The zero-order valence-corrected chi connectivity index (χ0v) is 7.75. The van der Waals surface area contributed by atoms with Crippen molar-refractivity contribution in [3.63, 3.8) is 0 Å². The van der Waals surface area contributed by atoms with Gasteiger partial charge < -0.3 is 4.74 Å². The Morgan fingerprint density at radius 3 is 2.83 bits per heavy atom. The molecule has 0 aromatic carbocycles. The van der Waals surface area contributed by atoms with Gasteiger partial charge in [-0.2, -0.15) is 0 Å². The zero-order chi connectivity index (χ0) is 8.72. The predicted octanol–water partition coefficient (Wildman–Crippen LogP) is 1.98. The zero-order valence-electron chi connectivity index (χ0n) is 7.75. The highest BCUT2D eigenvalue weighted by Gasteiger charge is 2.43. The number of fused-ring (bicyclic) bond motifs is 1. The van der Waals surface area contributed by atoms with Crippen LogP contribution in [-0.2, 0) is 9.53 Å². The number of esters is 1. The van der Waals surface area contributed by atoms with Gasteiger partial charge in [-0.25, -0.2) is 0 Å². The van der Waals surface area contributed by atoms with Crippen molar-refractivity contribution < 1.29 is 9.53 Å². The van der Waals surface area contributed by atoms with Crippen LogP contribution in [0.25, 0.3) is 0 Å². The molecule has 2 heteroatoms. The smallest absolute Gasteiger partial charge is 0.309 e. The summed E-state index contributed by atoms with van der Waals surface area (Å²) in [7, 11) is 0. The predicted molar refractivity (Wildman–Crippen MR) is 45.5 cm³/mol. The first kappa shape index (κ1) is 8.09. The van der Waals surface area contributed by atoms with Crippen molar-refractivity contribution in [3.8, 4) is 0 Å². The molecule has 1 saturated carbocycles.